The van der Waals surface area contributed by atoms with E-state index in [-0.39, 0.29) is 45.4 Å². The second-order valence-electron chi connectivity index (χ2n) is 15.3. The summed E-state index contributed by atoms with van der Waals surface area (Å²) in [5.41, 5.74) is 0.113. The van der Waals surface area contributed by atoms with E-state index < -0.39 is 5.60 Å². The van der Waals surface area contributed by atoms with Gasteiger partial charge in [-0.1, -0.05) is 39.8 Å². The minimum Gasteiger partial charge on any atom is -0.411 e. The fourth-order valence-corrected chi connectivity index (χ4v) is 11.1. The van der Waals surface area contributed by atoms with Gasteiger partial charge in [0.1, 0.15) is 0 Å². The molecule has 10 atom stereocenters. The van der Waals surface area contributed by atoms with E-state index in [9.17, 15) is 15.4 Å². The van der Waals surface area contributed by atoms with Crippen molar-refractivity contribution in [3.63, 3.8) is 0 Å². The average Bonchev–Trinajstić information content (AvgIpc) is 3.33. The molecule has 0 aromatic heterocycles. The van der Waals surface area contributed by atoms with Crippen molar-refractivity contribution in [1.82, 2.24) is 0 Å². The molecular weight excluding hydrogens is 438 g/mol. The maximum atomic E-state index is 11.9. The van der Waals surface area contributed by atoms with Crippen LogP contribution in [-0.4, -0.2) is 44.5 Å². The molecule has 5 heteroatoms. The Bertz CT molecular complexity index is 893. The van der Waals surface area contributed by atoms with E-state index in [0.717, 1.165) is 57.1 Å². The van der Waals surface area contributed by atoms with Crippen molar-refractivity contribution in [3.05, 3.63) is 0 Å². The lowest BCUT2D eigenvalue weighted by Gasteiger charge is -2.70. The van der Waals surface area contributed by atoms with Crippen LogP contribution in [0.15, 0.2) is 5.16 Å². The summed E-state index contributed by atoms with van der Waals surface area (Å²) in [4.78, 5) is 0. The number of aliphatic hydroxyl groups excluding tert-OH is 1. The van der Waals surface area contributed by atoms with Crippen molar-refractivity contribution >= 4 is 5.71 Å². The van der Waals surface area contributed by atoms with Gasteiger partial charge in [-0.2, -0.15) is 0 Å². The Morgan fingerprint density at radius 3 is 2.14 bits per heavy atom. The van der Waals surface area contributed by atoms with Crippen LogP contribution in [-0.2, 0) is 4.74 Å². The van der Waals surface area contributed by atoms with Gasteiger partial charge < -0.3 is 20.2 Å². The summed E-state index contributed by atoms with van der Waals surface area (Å²) < 4.78 is 6.67. The number of oxime groups is 1. The Labute approximate surface area is 213 Å². The van der Waals surface area contributed by atoms with Crippen LogP contribution in [0.25, 0.3) is 0 Å². The fraction of sp³-hybridized carbons (Fsp3) is 0.967. The van der Waals surface area contributed by atoms with E-state index >= 15 is 0 Å². The molecule has 200 valence electrons. The summed E-state index contributed by atoms with van der Waals surface area (Å²) in [7, 11) is 0. The smallest absolute Gasteiger partial charge is 0.0865 e. The monoisotopic (exact) mass is 489 g/mol. The quantitative estimate of drug-likeness (QED) is 0.319. The molecule has 3 N–H and O–H groups in total. The van der Waals surface area contributed by atoms with E-state index in [1.165, 1.54) is 6.42 Å². The highest BCUT2D eigenvalue weighted by molar-refractivity contribution is 5.90. The predicted molar refractivity (Wildman–Crippen MR) is 138 cm³/mol. The van der Waals surface area contributed by atoms with Crippen molar-refractivity contribution in [2.45, 2.75) is 137 Å². The maximum absolute atomic E-state index is 11.9. The van der Waals surface area contributed by atoms with Gasteiger partial charge in [0, 0.05) is 5.41 Å². The molecule has 5 rings (SSSR count). The summed E-state index contributed by atoms with van der Waals surface area (Å²) >= 11 is 0. The van der Waals surface area contributed by atoms with Gasteiger partial charge in [-0.25, -0.2) is 0 Å². The van der Waals surface area contributed by atoms with Crippen molar-refractivity contribution < 1.29 is 20.2 Å². The highest BCUT2D eigenvalue weighted by Gasteiger charge is 2.71. The summed E-state index contributed by atoms with van der Waals surface area (Å²) in [6.07, 6.45) is 8.74. The van der Waals surface area contributed by atoms with Crippen LogP contribution < -0.4 is 0 Å². The second kappa shape index (κ2) is 7.69. The van der Waals surface area contributed by atoms with Gasteiger partial charge >= 0.3 is 0 Å². The lowest BCUT2D eigenvalue weighted by atomic mass is 9.35. The highest BCUT2D eigenvalue weighted by atomic mass is 16.5. The second-order valence-corrected chi connectivity index (χ2v) is 15.3. The van der Waals surface area contributed by atoms with E-state index in [2.05, 4.69) is 46.7 Å². The Morgan fingerprint density at radius 2 is 1.54 bits per heavy atom. The molecule has 1 aliphatic heterocycles. The Morgan fingerprint density at radius 1 is 0.886 bits per heavy atom. The van der Waals surface area contributed by atoms with Gasteiger partial charge in [-0.05, 0) is 118 Å². The highest BCUT2D eigenvalue weighted by Crippen LogP contribution is 2.76. The lowest BCUT2D eigenvalue weighted by molar-refractivity contribution is -0.230. The van der Waals surface area contributed by atoms with Crippen LogP contribution in [0.2, 0.25) is 0 Å². The topological polar surface area (TPSA) is 82.3 Å². The van der Waals surface area contributed by atoms with Crippen LogP contribution in [0, 0.1) is 45.3 Å². The van der Waals surface area contributed by atoms with Crippen LogP contribution >= 0.6 is 0 Å². The van der Waals surface area contributed by atoms with E-state index in [0.29, 0.717) is 17.8 Å². The third-order valence-electron chi connectivity index (χ3n) is 13.2. The average molecular weight is 490 g/mol. The van der Waals surface area contributed by atoms with Crippen molar-refractivity contribution in [2.24, 2.45) is 50.5 Å². The van der Waals surface area contributed by atoms with Gasteiger partial charge in [-0.3, -0.25) is 0 Å². The predicted octanol–water partition coefficient (Wildman–Crippen LogP) is 6.18. The van der Waals surface area contributed by atoms with Gasteiger partial charge in [0.05, 0.1) is 29.1 Å². The third-order valence-corrected chi connectivity index (χ3v) is 13.2. The first-order chi connectivity index (χ1) is 16.0. The van der Waals surface area contributed by atoms with Crippen molar-refractivity contribution in [3.8, 4) is 0 Å². The first-order valence-electron chi connectivity index (χ1n) is 14.3. The molecule has 0 bridgehead atoms. The first kappa shape index (κ1) is 26.0. The van der Waals surface area contributed by atoms with Crippen molar-refractivity contribution in [2.75, 3.05) is 0 Å². The molecule has 0 radical (unpaired) electrons. The number of hydrogen-bond acceptors (Lipinski definition) is 5. The molecule has 0 unspecified atom stereocenters. The van der Waals surface area contributed by atoms with Crippen LogP contribution in [0.3, 0.4) is 0 Å². The molecule has 0 aromatic carbocycles. The molecule has 35 heavy (non-hydrogen) atoms. The van der Waals surface area contributed by atoms with Crippen LogP contribution in [0.1, 0.15) is 113 Å². The zero-order chi connectivity index (χ0) is 25.8. The largest absolute Gasteiger partial charge is 0.411 e. The summed E-state index contributed by atoms with van der Waals surface area (Å²) in [6, 6.07) is 0. The number of aliphatic hydroxyl groups is 2. The molecule has 5 fully saturated rings. The van der Waals surface area contributed by atoms with Gasteiger partial charge in [-0.15, -0.1) is 0 Å². The molecule has 1 saturated heterocycles. The third kappa shape index (κ3) is 3.32. The zero-order valence-corrected chi connectivity index (χ0v) is 23.5. The summed E-state index contributed by atoms with van der Waals surface area (Å²) in [6.45, 7) is 18.1. The fourth-order valence-electron chi connectivity index (χ4n) is 11.1. The minimum atomic E-state index is -0.834. The molecule has 0 spiro atoms. The number of hydrogen-bond donors (Lipinski definition) is 3. The van der Waals surface area contributed by atoms with Crippen LogP contribution in [0.5, 0.6) is 0 Å². The van der Waals surface area contributed by atoms with Gasteiger partial charge in [0.25, 0.3) is 0 Å². The van der Waals surface area contributed by atoms with E-state index in [4.69, 9.17) is 4.74 Å². The normalized spacial score (nSPS) is 54.9. The summed E-state index contributed by atoms with van der Waals surface area (Å²) in [5.74, 6) is 1.50. The molecule has 0 aromatic rings. The zero-order valence-electron chi connectivity index (χ0n) is 23.5. The van der Waals surface area contributed by atoms with E-state index in [1.807, 2.05) is 13.8 Å². The SMILES string of the molecule is CC(C)(O)[C@H]1CC[C@@](C)([C@H]2CC[C@]3(C)[C@@H]2[C@H](O)C[C@@H]2[C@@]4(C)CC/C(=N\O)C(C)(C)[C@@H]4CC[C@]23C)O1. The molecule has 0 amide bonds. The molecule has 4 saturated carbocycles. The number of rotatable bonds is 2. The number of fused-ring (bicyclic) bond motifs is 5. The maximum Gasteiger partial charge on any atom is 0.0865 e. The Hall–Kier alpha value is -0.650. The Kier molecular flexibility index (Phi) is 5.71. The first-order valence-corrected chi connectivity index (χ1v) is 14.3. The number of ether oxygens (including phenoxy) is 1. The molecule has 5 aliphatic rings. The number of nitrogens with zero attached hydrogens (tertiary/aromatic N) is 1. The lowest BCUT2D eigenvalue weighted by Crippen LogP contribution is -2.66. The van der Waals surface area contributed by atoms with Gasteiger partial charge in [0.15, 0.2) is 0 Å². The molecule has 1 heterocycles. The van der Waals surface area contributed by atoms with Crippen molar-refractivity contribution in [1.29, 1.82) is 0 Å². The molecule has 5 nitrogen and oxygen atoms in total. The standard InChI is InChI=1S/C30H51NO4/c1-25(2)20-10-15-28(6)21(27(20,5)13-11-22(25)31-34)17-19(32)24-18(9-14-29(24,28)7)30(8)16-12-23(35-30)26(3,4)33/h18-21,23-24,32-34H,9-17H2,1-8H3/b31-22+/t18-,19+,20-,21+,23+,24-,27-,28+,29+,30-/m0/s1. The molecular formula is C30H51NO4. The van der Waals surface area contributed by atoms with Gasteiger partial charge in [0.2, 0.25) is 0 Å². The molecule has 4 aliphatic carbocycles. The minimum absolute atomic E-state index is 0.0721. The van der Waals surface area contributed by atoms with E-state index in [1.54, 1.807) is 0 Å². The summed E-state index contributed by atoms with van der Waals surface area (Å²) in [5, 5.41) is 36.1. The van der Waals surface area contributed by atoms with Crippen LogP contribution in [0.4, 0.5) is 0 Å². The Balaban J connectivity index is 1.48.